The summed E-state index contributed by atoms with van der Waals surface area (Å²) in [5.41, 5.74) is 2.83. The number of benzene rings is 1. The molecule has 1 saturated heterocycles. The number of carbonyl (C=O) groups is 2. The topological polar surface area (TPSA) is 64.6 Å². The highest BCUT2D eigenvalue weighted by Crippen LogP contribution is 2.23. The van der Waals surface area contributed by atoms with Crippen molar-refractivity contribution in [2.45, 2.75) is 33.5 Å². The first kappa shape index (κ1) is 14.1. The number of aryl methyl sites for hydroxylation is 1. The van der Waals surface area contributed by atoms with E-state index in [0.29, 0.717) is 0 Å². The van der Waals surface area contributed by atoms with Crippen LogP contribution in [0.2, 0.25) is 0 Å². The zero-order valence-corrected chi connectivity index (χ0v) is 11.9. The molecule has 1 N–H and O–H groups in total. The van der Waals surface area contributed by atoms with Crippen molar-refractivity contribution in [2.24, 2.45) is 0 Å². The molecule has 2 rings (SSSR count). The van der Waals surface area contributed by atoms with E-state index < -0.39 is 17.7 Å². The van der Waals surface area contributed by atoms with Crippen LogP contribution in [0.3, 0.4) is 0 Å². The average Bonchev–Trinajstić information content (AvgIpc) is 2.31. The molecule has 0 amide bonds. The van der Waals surface area contributed by atoms with Crippen molar-refractivity contribution in [3.05, 3.63) is 41.1 Å². The Hall–Kier alpha value is -2.30. The molecule has 1 aromatic rings. The first-order valence-electron chi connectivity index (χ1n) is 6.30. The van der Waals surface area contributed by atoms with Gasteiger partial charge in [0.15, 0.2) is 5.57 Å². The zero-order valence-electron chi connectivity index (χ0n) is 11.9. The van der Waals surface area contributed by atoms with Crippen molar-refractivity contribution in [3.63, 3.8) is 0 Å². The van der Waals surface area contributed by atoms with E-state index in [0.717, 1.165) is 16.8 Å². The lowest BCUT2D eigenvalue weighted by Gasteiger charge is -2.29. The molecular weight excluding hydrogens is 258 g/mol. The Morgan fingerprint density at radius 3 is 2.30 bits per heavy atom. The SMILES string of the molecule is Cc1cccc(NC=C2C(=O)OC(C)(C)OC2=O)c1C. The summed E-state index contributed by atoms with van der Waals surface area (Å²) in [5.74, 6) is -2.60. The van der Waals surface area contributed by atoms with E-state index in [2.05, 4.69) is 5.32 Å². The summed E-state index contributed by atoms with van der Waals surface area (Å²) in [6, 6.07) is 5.74. The van der Waals surface area contributed by atoms with Gasteiger partial charge in [0.2, 0.25) is 0 Å². The summed E-state index contributed by atoms with van der Waals surface area (Å²) >= 11 is 0. The van der Waals surface area contributed by atoms with Crippen molar-refractivity contribution in [3.8, 4) is 0 Å². The lowest BCUT2D eigenvalue weighted by Crippen LogP contribution is -2.42. The van der Waals surface area contributed by atoms with Crippen molar-refractivity contribution < 1.29 is 19.1 Å². The van der Waals surface area contributed by atoms with Crippen LogP contribution in [0.1, 0.15) is 25.0 Å². The van der Waals surface area contributed by atoms with Crippen molar-refractivity contribution >= 4 is 17.6 Å². The van der Waals surface area contributed by atoms with E-state index in [1.807, 2.05) is 32.0 Å². The predicted octanol–water partition coefficient (Wildman–Crippen LogP) is 2.44. The van der Waals surface area contributed by atoms with Crippen LogP contribution in [0.5, 0.6) is 0 Å². The quantitative estimate of drug-likeness (QED) is 0.510. The van der Waals surface area contributed by atoms with Crippen LogP contribution < -0.4 is 5.32 Å². The maximum absolute atomic E-state index is 11.8. The molecule has 0 atom stereocenters. The molecular formula is C15H17NO4. The molecule has 0 unspecified atom stereocenters. The van der Waals surface area contributed by atoms with Crippen LogP contribution in [0, 0.1) is 13.8 Å². The minimum atomic E-state index is -1.22. The minimum absolute atomic E-state index is 0.148. The Labute approximate surface area is 117 Å². The maximum Gasteiger partial charge on any atom is 0.350 e. The van der Waals surface area contributed by atoms with Crippen LogP contribution in [0.25, 0.3) is 0 Å². The summed E-state index contributed by atoms with van der Waals surface area (Å²) in [6.07, 6.45) is 1.32. The molecule has 5 nitrogen and oxygen atoms in total. The Bertz CT molecular complexity index is 580. The van der Waals surface area contributed by atoms with Gasteiger partial charge in [0.25, 0.3) is 5.79 Å². The molecule has 5 heteroatoms. The molecule has 1 fully saturated rings. The number of cyclic esters (lactones) is 2. The molecule has 106 valence electrons. The summed E-state index contributed by atoms with van der Waals surface area (Å²) in [4.78, 5) is 23.5. The van der Waals surface area contributed by atoms with Gasteiger partial charge >= 0.3 is 11.9 Å². The lowest BCUT2D eigenvalue weighted by atomic mass is 10.1. The molecule has 0 spiro atoms. The summed E-state index contributed by atoms with van der Waals surface area (Å²) < 4.78 is 10.0. The number of ether oxygens (including phenoxy) is 2. The molecule has 0 bridgehead atoms. The number of carbonyl (C=O) groups excluding carboxylic acids is 2. The van der Waals surface area contributed by atoms with E-state index in [-0.39, 0.29) is 5.57 Å². The van der Waals surface area contributed by atoms with E-state index in [1.54, 1.807) is 0 Å². The summed E-state index contributed by atoms with van der Waals surface area (Å²) in [5, 5.41) is 2.95. The van der Waals surface area contributed by atoms with E-state index in [9.17, 15) is 9.59 Å². The van der Waals surface area contributed by atoms with Crippen LogP contribution in [0.15, 0.2) is 30.0 Å². The highest BCUT2D eigenvalue weighted by molar-refractivity contribution is 6.15. The molecule has 20 heavy (non-hydrogen) atoms. The summed E-state index contributed by atoms with van der Waals surface area (Å²) in [6.45, 7) is 6.96. The van der Waals surface area contributed by atoms with Crippen LogP contribution in [-0.4, -0.2) is 17.7 Å². The van der Waals surface area contributed by atoms with Gasteiger partial charge in [-0.25, -0.2) is 9.59 Å². The number of hydrogen-bond donors (Lipinski definition) is 1. The molecule has 0 aromatic heterocycles. The first-order chi connectivity index (χ1) is 9.30. The smallest absolute Gasteiger partial charge is 0.350 e. The molecule has 1 aromatic carbocycles. The molecule has 1 aliphatic heterocycles. The fourth-order valence-electron chi connectivity index (χ4n) is 1.84. The number of nitrogens with one attached hydrogen (secondary N) is 1. The Balaban J connectivity index is 2.22. The van der Waals surface area contributed by atoms with Gasteiger partial charge in [-0.3, -0.25) is 0 Å². The summed E-state index contributed by atoms with van der Waals surface area (Å²) in [7, 11) is 0. The Kier molecular flexibility index (Phi) is 3.53. The van der Waals surface area contributed by atoms with Gasteiger partial charge in [-0.2, -0.15) is 0 Å². The van der Waals surface area contributed by atoms with E-state index in [1.165, 1.54) is 20.0 Å². The molecule has 1 heterocycles. The number of rotatable bonds is 2. The number of anilines is 1. The monoisotopic (exact) mass is 275 g/mol. The minimum Gasteiger partial charge on any atom is -0.419 e. The van der Waals surface area contributed by atoms with Crippen molar-refractivity contribution in [1.29, 1.82) is 0 Å². The third kappa shape index (κ3) is 2.82. The van der Waals surface area contributed by atoms with Crippen molar-refractivity contribution in [1.82, 2.24) is 0 Å². The highest BCUT2D eigenvalue weighted by atomic mass is 16.7. The number of esters is 2. The molecule has 0 radical (unpaired) electrons. The van der Waals surface area contributed by atoms with Gasteiger partial charge in [-0.15, -0.1) is 0 Å². The van der Waals surface area contributed by atoms with E-state index >= 15 is 0 Å². The fraction of sp³-hybridized carbons (Fsp3) is 0.333. The van der Waals surface area contributed by atoms with Gasteiger partial charge in [-0.1, -0.05) is 12.1 Å². The Morgan fingerprint density at radius 2 is 1.70 bits per heavy atom. The van der Waals surface area contributed by atoms with Crippen LogP contribution in [-0.2, 0) is 19.1 Å². The number of hydrogen-bond acceptors (Lipinski definition) is 5. The Morgan fingerprint density at radius 1 is 1.10 bits per heavy atom. The van der Waals surface area contributed by atoms with E-state index in [4.69, 9.17) is 9.47 Å². The van der Waals surface area contributed by atoms with Crippen LogP contribution in [0.4, 0.5) is 5.69 Å². The van der Waals surface area contributed by atoms with Gasteiger partial charge in [0.1, 0.15) is 0 Å². The van der Waals surface area contributed by atoms with Crippen LogP contribution >= 0.6 is 0 Å². The second-order valence-electron chi connectivity index (χ2n) is 5.13. The lowest BCUT2D eigenvalue weighted by molar-refractivity contribution is -0.222. The third-order valence-electron chi connectivity index (χ3n) is 3.09. The van der Waals surface area contributed by atoms with Crippen molar-refractivity contribution in [2.75, 3.05) is 5.32 Å². The maximum atomic E-state index is 11.8. The standard InChI is InChI=1S/C15H17NO4/c1-9-6-5-7-12(10(9)2)16-8-11-13(17)19-15(3,4)20-14(11)18/h5-8,16H,1-4H3. The zero-order chi connectivity index (χ0) is 14.9. The largest absolute Gasteiger partial charge is 0.419 e. The van der Waals surface area contributed by atoms with Gasteiger partial charge in [0, 0.05) is 25.7 Å². The van der Waals surface area contributed by atoms with Gasteiger partial charge in [0.05, 0.1) is 0 Å². The first-order valence-corrected chi connectivity index (χ1v) is 6.30. The second-order valence-corrected chi connectivity index (χ2v) is 5.13. The fourth-order valence-corrected chi connectivity index (χ4v) is 1.84. The van der Waals surface area contributed by atoms with Gasteiger partial charge in [-0.05, 0) is 31.0 Å². The van der Waals surface area contributed by atoms with Gasteiger partial charge < -0.3 is 14.8 Å². The second kappa shape index (κ2) is 5.00. The molecule has 1 aliphatic rings. The molecule has 0 aliphatic carbocycles. The predicted molar refractivity (Wildman–Crippen MR) is 73.9 cm³/mol. The third-order valence-corrected chi connectivity index (χ3v) is 3.09. The average molecular weight is 275 g/mol. The molecule has 0 saturated carbocycles. The highest BCUT2D eigenvalue weighted by Gasteiger charge is 2.38. The normalized spacial score (nSPS) is 17.3.